The van der Waals surface area contributed by atoms with Crippen LogP contribution in [0.5, 0.6) is 0 Å². The van der Waals surface area contributed by atoms with E-state index in [0.29, 0.717) is 49.8 Å². The minimum atomic E-state index is -4.51. The third-order valence-electron chi connectivity index (χ3n) is 5.74. The molecule has 6 rings (SSSR count). The second kappa shape index (κ2) is 8.75. The van der Waals surface area contributed by atoms with Crippen LogP contribution < -0.4 is 0 Å². The van der Waals surface area contributed by atoms with Gasteiger partial charge in [-0.1, -0.05) is 29.3 Å². The molecule has 0 spiro atoms. The number of benzene rings is 2. The Morgan fingerprint density at radius 3 is 2.38 bits per heavy atom. The van der Waals surface area contributed by atoms with Gasteiger partial charge in [-0.25, -0.2) is 9.67 Å². The van der Waals surface area contributed by atoms with E-state index in [1.54, 1.807) is 53.4 Å². The van der Waals surface area contributed by atoms with E-state index in [-0.39, 0.29) is 0 Å². The number of pyridine rings is 1. The minimum absolute atomic E-state index is 0.468. The predicted octanol–water partition coefficient (Wildman–Crippen LogP) is 6.76. The first-order chi connectivity index (χ1) is 17.8. The third kappa shape index (κ3) is 4.13. The van der Waals surface area contributed by atoms with E-state index in [1.807, 2.05) is 28.8 Å². The van der Waals surface area contributed by atoms with Crippen molar-refractivity contribution < 1.29 is 13.2 Å². The monoisotopic (exact) mass is 539 g/mol. The number of rotatable bonds is 4. The standard InChI is InChI=1S/C25H14Cl2F3N7/c26-15-4-9-19(27)18(13-15)22-23(35-11-2-1-3-21(35)32-22)24-33-31-14-36(24)16-5-7-17(8-6-16)37-12-10-20(34-37)25(28,29)30/h1-14H. The van der Waals surface area contributed by atoms with E-state index in [9.17, 15) is 13.2 Å². The molecule has 0 amide bonds. The molecule has 0 aliphatic carbocycles. The summed E-state index contributed by atoms with van der Waals surface area (Å²) in [7, 11) is 0. The normalized spacial score (nSPS) is 11.9. The van der Waals surface area contributed by atoms with Gasteiger partial charge in [-0.2, -0.15) is 18.3 Å². The Morgan fingerprint density at radius 2 is 1.62 bits per heavy atom. The van der Waals surface area contributed by atoms with Crippen molar-refractivity contribution >= 4 is 28.8 Å². The quantitative estimate of drug-likeness (QED) is 0.248. The van der Waals surface area contributed by atoms with Crippen LogP contribution in [0.4, 0.5) is 13.2 Å². The molecule has 0 bridgehead atoms. The summed E-state index contributed by atoms with van der Waals surface area (Å²) in [6.07, 6.45) is 0.158. The first-order valence-corrected chi connectivity index (χ1v) is 11.6. The summed E-state index contributed by atoms with van der Waals surface area (Å²) in [6.45, 7) is 0. The summed E-state index contributed by atoms with van der Waals surface area (Å²) in [5.74, 6) is 0.482. The fourth-order valence-corrected chi connectivity index (χ4v) is 4.43. The highest BCUT2D eigenvalue weighted by Crippen LogP contribution is 2.37. The first kappa shape index (κ1) is 23.3. The van der Waals surface area contributed by atoms with E-state index in [4.69, 9.17) is 28.2 Å². The Morgan fingerprint density at radius 1 is 0.838 bits per heavy atom. The van der Waals surface area contributed by atoms with Crippen molar-refractivity contribution in [1.29, 1.82) is 0 Å². The number of fused-ring (bicyclic) bond motifs is 1. The van der Waals surface area contributed by atoms with Gasteiger partial charge in [-0.3, -0.25) is 8.97 Å². The molecule has 0 saturated carbocycles. The minimum Gasteiger partial charge on any atom is -0.296 e. The lowest BCUT2D eigenvalue weighted by atomic mass is 10.1. The zero-order valence-electron chi connectivity index (χ0n) is 18.6. The Bertz CT molecular complexity index is 1750. The highest BCUT2D eigenvalue weighted by Gasteiger charge is 2.33. The Balaban J connectivity index is 1.46. The number of alkyl halides is 3. The Hall–Kier alpha value is -4.15. The maximum absolute atomic E-state index is 12.9. The second-order valence-corrected chi connectivity index (χ2v) is 8.89. The van der Waals surface area contributed by atoms with Crippen LogP contribution in [0.2, 0.25) is 10.0 Å². The summed E-state index contributed by atoms with van der Waals surface area (Å²) < 4.78 is 43.6. The molecule has 37 heavy (non-hydrogen) atoms. The Labute approximate surface area is 217 Å². The number of hydrogen-bond donors (Lipinski definition) is 0. The molecule has 0 unspecified atom stereocenters. The van der Waals surface area contributed by atoms with Gasteiger partial charge in [0.1, 0.15) is 23.4 Å². The molecule has 2 aromatic carbocycles. The van der Waals surface area contributed by atoms with Crippen LogP contribution in [0.1, 0.15) is 5.69 Å². The highest BCUT2D eigenvalue weighted by molar-refractivity contribution is 6.35. The van der Waals surface area contributed by atoms with Crippen molar-refractivity contribution in [2.75, 3.05) is 0 Å². The number of halogens is 5. The van der Waals surface area contributed by atoms with Gasteiger partial charge in [0.2, 0.25) is 0 Å². The van der Waals surface area contributed by atoms with Gasteiger partial charge in [0.15, 0.2) is 11.5 Å². The summed E-state index contributed by atoms with van der Waals surface area (Å²) in [6, 6.07) is 18.5. The van der Waals surface area contributed by atoms with Gasteiger partial charge in [-0.15, -0.1) is 10.2 Å². The molecule has 0 radical (unpaired) electrons. The molecule has 184 valence electrons. The van der Waals surface area contributed by atoms with Crippen molar-refractivity contribution in [2.24, 2.45) is 0 Å². The smallest absolute Gasteiger partial charge is 0.296 e. The fraction of sp³-hybridized carbons (Fsp3) is 0.0400. The average Bonchev–Trinajstić information content (AvgIpc) is 3.63. The number of nitrogens with zero attached hydrogens (tertiary/aromatic N) is 7. The van der Waals surface area contributed by atoms with Crippen LogP contribution in [0.25, 0.3) is 39.8 Å². The maximum atomic E-state index is 12.9. The number of hydrogen-bond acceptors (Lipinski definition) is 4. The lowest BCUT2D eigenvalue weighted by molar-refractivity contribution is -0.141. The number of imidazole rings is 1. The van der Waals surface area contributed by atoms with Gasteiger partial charge < -0.3 is 0 Å². The predicted molar refractivity (Wildman–Crippen MR) is 133 cm³/mol. The van der Waals surface area contributed by atoms with E-state index >= 15 is 0 Å². The van der Waals surface area contributed by atoms with Crippen LogP contribution in [0, 0.1) is 0 Å². The van der Waals surface area contributed by atoms with Crippen molar-refractivity contribution in [1.82, 2.24) is 33.9 Å². The van der Waals surface area contributed by atoms with Gasteiger partial charge in [0, 0.05) is 28.7 Å². The van der Waals surface area contributed by atoms with E-state index in [1.165, 1.54) is 10.9 Å². The zero-order valence-corrected chi connectivity index (χ0v) is 20.1. The fourth-order valence-electron chi connectivity index (χ4n) is 4.05. The van der Waals surface area contributed by atoms with Crippen LogP contribution in [0.3, 0.4) is 0 Å². The second-order valence-electron chi connectivity index (χ2n) is 8.05. The van der Waals surface area contributed by atoms with Crippen molar-refractivity contribution in [3.05, 3.63) is 101 Å². The third-order valence-corrected chi connectivity index (χ3v) is 6.31. The highest BCUT2D eigenvalue weighted by atomic mass is 35.5. The molecule has 0 saturated heterocycles. The van der Waals surface area contributed by atoms with E-state index < -0.39 is 11.9 Å². The van der Waals surface area contributed by atoms with Crippen LogP contribution >= 0.6 is 23.2 Å². The van der Waals surface area contributed by atoms with Gasteiger partial charge in [0.05, 0.1) is 10.7 Å². The summed E-state index contributed by atoms with van der Waals surface area (Å²) in [5, 5.41) is 13.1. The maximum Gasteiger partial charge on any atom is 0.435 e. The van der Waals surface area contributed by atoms with Crippen LogP contribution in [0.15, 0.2) is 85.5 Å². The molecule has 0 N–H and O–H groups in total. The molecule has 6 aromatic rings. The molecule has 7 nitrogen and oxygen atoms in total. The Kier molecular flexibility index (Phi) is 5.50. The molecule has 0 fully saturated rings. The molecule has 4 heterocycles. The molecule has 0 atom stereocenters. The van der Waals surface area contributed by atoms with Crippen molar-refractivity contribution in [3.8, 4) is 34.2 Å². The average molecular weight is 540 g/mol. The molecular weight excluding hydrogens is 526 g/mol. The van der Waals surface area contributed by atoms with Gasteiger partial charge in [0.25, 0.3) is 0 Å². The molecule has 4 aromatic heterocycles. The lowest BCUT2D eigenvalue weighted by Gasteiger charge is -2.10. The summed E-state index contributed by atoms with van der Waals surface area (Å²) >= 11 is 12.8. The molecule has 0 aliphatic rings. The van der Waals surface area contributed by atoms with E-state index in [0.717, 1.165) is 6.07 Å². The molecular formula is C25H14Cl2F3N7. The summed E-state index contributed by atoms with van der Waals surface area (Å²) in [5.41, 5.74) is 2.71. The van der Waals surface area contributed by atoms with Crippen LogP contribution in [-0.4, -0.2) is 33.9 Å². The SMILES string of the molecule is FC(F)(F)c1ccn(-c2ccc(-n3cnnc3-c3c(-c4cc(Cl)ccc4Cl)nc4ccccn34)cc2)n1. The van der Waals surface area contributed by atoms with Crippen molar-refractivity contribution in [3.63, 3.8) is 0 Å². The summed E-state index contributed by atoms with van der Waals surface area (Å²) in [4.78, 5) is 4.79. The largest absolute Gasteiger partial charge is 0.435 e. The number of aromatic nitrogens is 7. The molecule has 12 heteroatoms. The van der Waals surface area contributed by atoms with E-state index in [2.05, 4.69) is 15.3 Å². The van der Waals surface area contributed by atoms with Crippen LogP contribution in [-0.2, 0) is 6.18 Å². The zero-order chi connectivity index (χ0) is 25.7. The molecule has 0 aliphatic heterocycles. The first-order valence-electron chi connectivity index (χ1n) is 10.9. The van der Waals surface area contributed by atoms with Crippen molar-refractivity contribution in [2.45, 2.75) is 6.18 Å². The topological polar surface area (TPSA) is 65.8 Å². The lowest BCUT2D eigenvalue weighted by Crippen LogP contribution is -2.07. The van der Waals surface area contributed by atoms with Gasteiger partial charge in [-0.05, 0) is 60.7 Å². The van der Waals surface area contributed by atoms with Gasteiger partial charge >= 0.3 is 6.18 Å².